The predicted octanol–water partition coefficient (Wildman–Crippen LogP) is 6.34. The van der Waals surface area contributed by atoms with E-state index in [1.165, 1.54) is 22.5 Å². The molecule has 0 fully saturated rings. The van der Waals surface area contributed by atoms with Gasteiger partial charge in [-0.3, -0.25) is 0 Å². The summed E-state index contributed by atoms with van der Waals surface area (Å²) >= 11 is 3.52. The molecule has 1 atom stereocenters. The van der Waals surface area contributed by atoms with E-state index in [1.807, 2.05) is 17.1 Å². The molecule has 1 unspecified atom stereocenters. The van der Waals surface area contributed by atoms with E-state index < -0.39 is 8.07 Å². The molecule has 0 aliphatic heterocycles. The van der Waals surface area contributed by atoms with Gasteiger partial charge in [0.25, 0.3) is 0 Å². The highest BCUT2D eigenvalue weighted by Crippen LogP contribution is 2.34. The summed E-state index contributed by atoms with van der Waals surface area (Å²) in [5, 5.41) is 5.71. The second-order valence-corrected chi connectivity index (χ2v) is 15.2. The maximum atomic E-state index is 5.84. The van der Waals surface area contributed by atoms with Crippen molar-refractivity contribution in [1.29, 1.82) is 0 Å². The summed E-state index contributed by atoms with van der Waals surface area (Å²) in [6.45, 7) is 12.9. The van der Waals surface area contributed by atoms with Crippen LogP contribution in [0.2, 0.25) is 25.7 Å². The molecular formula is C21H31BrN4OSi. The summed E-state index contributed by atoms with van der Waals surface area (Å²) < 4.78 is 10.9. The zero-order valence-electron chi connectivity index (χ0n) is 17.6. The maximum Gasteiger partial charge on any atom is 0.139 e. The van der Waals surface area contributed by atoms with Crippen LogP contribution in [0.4, 0.5) is 0 Å². The smallest absolute Gasteiger partial charge is 0.139 e. The minimum absolute atomic E-state index is 0.434. The fourth-order valence-electron chi connectivity index (χ4n) is 3.38. The van der Waals surface area contributed by atoms with Crippen molar-refractivity contribution in [3.05, 3.63) is 35.5 Å². The molecule has 3 rings (SSSR count). The van der Waals surface area contributed by atoms with Crippen LogP contribution in [-0.4, -0.2) is 34.0 Å². The standard InChI is InChI=1S/C21H31BrN4OSi/c1-6-7-16(2)26-14-19(18-10-21(22)23-12-20(18)26)17-11-24-25(13-17)15-27-8-9-28(3,4)5/h10-14,16H,6-9,15H2,1-5H3. The Bertz CT molecular complexity index is 928. The second-order valence-electron chi connectivity index (χ2n) is 8.73. The van der Waals surface area contributed by atoms with Gasteiger partial charge in [0.2, 0.25) is 0 Å². The van der Waals surface area contributed by atoms with Gasteiger partial charge < -0.3 is 9.30 Å². The van der Waals surface area contributed by atoms with E-state index in [4.69, 9.17) is 4.74 Å². The first-order valence-corrected chi connectivity index (χ1v) is 14.5. The van der Waals surface area contributed by atoms with Gasteiger partial charge >= 0.3 is 0 Å². The van der Waals surface area contributed by atoms with E-state index in [1.54, 1.807) is 0 Å². The molecule has 0 aliphatic carbocycles. The van der Waals surface area contributed by atoms with Gasteiger partial charge in [-0.2, -0.15) is 5.10 Å². The van der Waals surface area contributed by atoms with Crippen LogP contribution >= 0.6 is 15.9 Å². The van der Waals surface area contributed by atoms with E-state index in [-0.39, 0.29) is 0 Å². The van der Waals surface area contributed by atoms with Crippen molar-refractivity contribution in [3.8, 4) is 11.1 Å². The average Bonchev–Trinajstić information content (AvgIpc) is 3.22. The Balaban J connectivity index is 1.83. The quantitative estimate of drug-likeness (QED) is 0.211. The van der Waals surface area contributed by atoms with Gasteiger partial charge in [0.15, 0.2) is 0 Å². The summed E-state index contributed by atoms with van der Waals surface area (Å²) in [6.07, 6.45) is 10.5. The molecule has 0 radical (unpaired) electrons. The Hall–Kier alpha value is -1.44. The number of nitrogens with zero attached hydrogens (tertiary/aromatic N) is 4. The van der Waals surface area contributed by atoms with Gasteiger partial charge in [-0.15, -0.1) is 0 Å². The highest BCUT2D eigenvalue weighted by Gasteiger charge is 2.16. The minimum atomic E-state index is -1.06. The summed E-state index contributed by atoms with van der Waals surface area (Å²) in [6, 6.07) is 3.70. The molecule has 0 aliphatic rings. The molecule has 0 saturated carbocycles. The van der Waals surface area contributed by atoms with Gasteiger partial charge in [0.1, 0.15) is 11.3 Å². The molecule has 0 spiro atoms. The van der Waals surface area contributed by atoms with Gasteiger partial charge in [-0.05, 0) is 41.4 Å². The third kappa shape index (κ3) is 5.13. The molecule has 7 heteroatoms. The lowest BCUT2D eigenvalue weighted by Crippen LogP contribution is -2.22. The van der Waals surface area contributed by atoms with Crippen molar-refractivity contribution in [2.45, 2.75) is 65.1 Å². The molecule has 3 aromatic rings. The molecule has 0 amide bonds. The number of rotatable bonds is 9. The number of hydrogen-bond acceptors (Lipinski definition) is 3. The van der Waals surface area contributed by atoms with Crippen LogP contribution in [0.3, 0.4) is 0 Å². The molecular weight excluding hydrogens is 432 g/mol. The fourth-order valence-corrected chi connectivity index (χ4v) is 4.47. The van der Waals surface area contributed by atoms with E-state index in [0.717, 1.165) is 29.6 Å². The Labute approximate surface area is 177 Å². The first kappa shape index (κ1) is 21.3. The van der Waals surface area contributed by atoms with Gasteiger partial charge in [-0.25, -0.2) is 9.67 Å². The summed E-state index contributed by atoms with van der Waals surface area (Å²) in [5.41, 5.74) is 3.46. The van der Waals surface area contributed by atoms with Crippen LogP contribution in [0.1, 0.15) is 32.7 Å². The molecule has 0 saturated heterocycles. The second kappa shape index (κ2) is 8.92. The largest absolute Gasteiger partial charge is 0.360 e. The Morgan fingerprint density at radius 1 is 1.21 bits per heavy atom. The zero-order valence-corrected chi connectivity index (χ0v) is 20.2. The van der Waals surface area contributed by atoms with Crippen molar-refractivity contribution in [2.75, 3.05) is 6.61 Å². The van der Waals surface area contributed by atoms with Crippen molar-refractivity contribution >= 4 is 34.9 Å². The van der Waals surface area contributed by atoms with E-state index in [0.29, 0.717) is 12.8 Å². The Morgan fingerprint density at radius 3 is 2.71 bits per heavy atom. The first-order valence-electron chi connectivity index (χ1n) is 10.0. The molecule has 28 heavy (non-hydrogen) atoms. The van der Waals surface area contributed by atoms with Gasteiger partial charge in [0.05, 0.1) is 17.9 Å². The summed E-state index contributed by atoms with van der Waals surface area (Å²) in [7, 11) is -1.06. The SMILES string of the molecule is CCCC(C)n1cc(-c2cnn(COCC[Si](C)(C)C)c2)c2cc(Br)ncc21. The number of ether oxygens (including phenoxy) is 1. The van der Waals surface area contributed by atoms with E-state index in [9.17, 15) is 0 Å². The minimum Gasteiger partial charge on any atom is -0.360 e. The molecule has 0 aromatic carbocycles. The third-order valence-corrected chi connectivity index (χ3v) is 7.17. The maximum absolute atomic E-state index is 5.84. The molecule has 5 nitrogen and oxygen atoms in total. The van der Waals surface area contributed by atoms with Crippen LogP contribution in [-0.2, 0) is 11.5 Å². The van der Waals surface area contributed by atoms with E-state index in [2.05, 4.69) is 82.5 Å². The zero-order chi connectivity index (χ0) is 20.3. The lowest BCUT2D eigenvalue weighted by Gasteiger charge is -2.15. The van der Waals surface area contributed by atoms with Crippen molar-refractivity contribution in [2.24, 2.45) is 0 Å². The van der Waals surface area contributed by atoms with Crippen LogP contribution in [0.25, 0.3) is 22.0 Å². The Kier molecular flexibility index (Phi) is 6.78. The molecule has 0 N–H and O–H groups in total. The van der Waals surface area contributed by atoms with E-state index >= 15 is 0 Å². The molecule has 152 valence electrons. The van der Waals surface area contributed by atoms with Gasteiger partial charge in [0, 0.05) is 49.6 Å². The monoisotopic (exact) mass is 462 g/mol. The van der Waals surface area contributed by atoms with Crippen molar-refractivity contribution in [3.63, 3.8) is 0 Å². The van der Waals surface area contributed by atoms with Crippen LogP contribution in [0, 0.1) is 0 Å². The number of halogens is 1. The lowest BCUT2D eigenvalue weighted by atomic mass is 10.1. The fraction of sp³-hybridized carbons (Fsp3) is 0.524. The summed E-state index contributed by atoms with van der Waals surface area (Å²) in [5.74, 6) is 0. The van der Waals surface area contributed by atoms with Crippen LogP contribution in [0.5, 0.6) is 0 Å². The van der Waals surface area contributed by atoms with Crippen LogP contribution < -0.4 is 0 Å². The topological polar surface area (TPSA) is 44.9 Å². The normalized spacial score (nSPS) is 13.4. The third-order valence-electron chi connectivity index (χ3n) is 5.03. The van der Waals surface area contributed by atoms with Crippen LogP contribution in [0.15, 0.2) is 35.5 Å². The molecule has 3 aromatic heterocycles. The van der Waals surface area contributed by atoms with Crippen molar-refractivity contribution < 1.29 is 4.74 Å². The summed E-state index contributed by atoms with van der Waals surface area (Å²) in [4.78, 5) is 4.45. The average molecular weight is 463 g/mol. The highest BCUT2D eigenvalue weighted by atomic mass is 79.9. The number of fused-ring (bicyclic) bond motifs is 1. The number of hydrogen-bond donors (Lipinski definition) is 0. The Morgan fingerprint density at radius 2 is 2.00 bits per heavy atom. The van der Waals surface area contributed by atoms with Crippen molar-refractivity contribution in [1.82, 2.24) is 19.3 Å². The first-order chi connectivity index (χ1) is 13.3. The molecule has 3 heterocycles. The lowest BCUT2D eigenvalue weighted by molar-refractivity contribution is 0.0786. The predicted molar refractivity (Wildman–Crippen MR) is 122 cm³/mol. The number of aromatic nitrogens is 4. The highest BCUT2D eigenvalue weighted by molar-refractivity contribution is 9.10. The number of pyridine rings is 1. The van der Waals surface area contributed by atoms with Gasteiger partial charge in [-0.1, -0.05) is 33.0 Å². The molecule has 0 bridgehead atoms.